The summed E-state index contributed by atoms with van der Waals surface area (Å²) in [5, 5.41) is 1.23. The minimum Gasteiger partial charge on any atom is -0.206 e. The molecular weight excluding hydrogens is 1360 g/mol. The lowest BCUT2D eigenvalue weighted by Gasteiger charge is -2.27. The van der Waals surface area contributed by atoms with E-state index in [1.54, 1.807) is 114 Å². The average molecular weight is 1420 g/mol. The van der Waals surface area contributed by atoms with Gasteiger partial charge < -0.3 is 0 Å². The van der Waals surface area contributed by atoms with Gasteiger partial charge >= 0.3 is 0 Å². The molecule has 15 nitrogen and oxygen atoms in total. The van der Waals surface area contributed by atoms with Crippen LogP contribution in [0.5, 0.6) is 0 Å². The van der Waals surface area contributed by atoms with Gasteiger partial charge in [0, 0.05) is 15.1 Å². The first-order chi connectivity index (χ1) is 43.7. The zero-order valence-corrected chi connectivity index (χ0v) is 57.7. The second-order valence-corrected chi connectivity index (χ2v) is 33.8. The first-order valence-corrected chi connectivity index (χ1v) is 37.4. The first-order valence-electron chi connectivity index (χ1n) is 27.7. The Morgan fingerprint density at radius 3 is 0.495 bits per heavy atom. The fraction of sp³-hybridized carbons (Fsp3) is 0.130. The molecule has 0 N–H and O–H groups in total. The van der Waals surface area contributed by atoms with Crippen LogP contribution < -0.4 is 0 Å². The SMILES string of the molecule is C#C[C@@H](c1ccc(Cl)cc1)N(S(=O)(=O)c1ccc(C)cc1)S(=O)(=O)c1ccc(C)cc1.C#C[C@H](c1ccc(Cl)cc1)N(S(=O)(=O)c1ccc(C)cc1)S(=O)(=O)c1ccc(C)cc1.C#C[C@H](c1ccc(Cl)cc1)N(S(=O)(=O)c1ccc(C)cc1)S(=O)(=O)c1ccc(C)cc1. The largest absolute Gasteiger partial charge is 0.257 e. The summed E-state index contributed by atoms with van der Waals surface area (Å²) >= 11 is 17.8. The third-order valence-electron chi connectivity index (χ3n) is 14.0. The molecule has 0 amide bonds. The number of hydrogen-bond donors (Lipinski definition) is 0. The number of benzene rings is 9. The van der Waals surface area contributed by atoms with Crippen LogP contribution in [0.2, 0.25) is 15.1 Å². The molecule has 0 fully saturated rings. The molecule has 0 aliphatic rings. The summed E-state index contributed by atoms with van der Waals surface area (Å²) < 4.78 is 164. The van der Waals surface area contributed by atoms with Crippen molar-refractivity contribution in [2.75, 3.05) is 0 Å². The molecule has 0 aromatic heterocycles. The van der Waals surface area contributed by atoms with Crippen molar-refractivity contribution in [1.82, 2.24) is 11.1 Å². The van der Waals surface area contributed by atoms with Gasteiger partial charge in [-0.3, -0.25) is 0 Å². The Hall–Kier alpha value is -7.89. The van der Waals surface area contributed by atoms with Crippen LogP contribution in [-0.2, 0) is 60.1 Å². The maximum atomic E-state index is 13.6. The van der Waals surface area contributed by atoms with Crippen molar-refractivity contribution in [3.05, 3.63) is 284 Å². The van der Waals surface area contributed by atoms with Gasteiger partial charge in [-0.25, -0.2) is 50.5 Å². The zero-order chi connectivity index (χ0) is 68.4. The molecule has 0 saturated heterocycles. The third kappa shape index (κ3) is 16.7. The van der Waals surface area contributed by atoms with E-state index >= 15 is 0 Å². The molecule has 9 aromatic carbocycles. The van der Waals surface area contributed by atoms with Gasteiger partial charge in [-0.15, -0.1) is 19.3 Å². The fourth-order valence-corrected chi connectivity index (χ4v) is 20.8. The maximum absolute atomic E-state index is 13.6. The molecule has 0 aliphatic heterocycles. The number of halogens is 3. The lowest BCUT2D eigenvalue weighted by molar-refractivity contribution is 0.472. The van der Waals surface area contributed by atoms with Gasteiger partial charge in [0.25, 0.3) is 60.1 Å². The van der Waals surface area contributed by atoms with Crippen LogP contribution in [0.3, 0.4) is 0 Å². The number of aryl methyl sites for hydroxylation is 6. The normalized spacial score (nSPS) is 13.0. The minimum absolute atomic E-state index is 0.178. The molecular formula is C69H60Cl3N3O12S6. The van der Waals surface area contributed by atoms with Gasteiger partial charge in [0.1, 0.15) is 18.1 Å². The highest BCUT2D eigenvalue weighted by atomic mass is 35.5. The number of sulfonamides is 6. The summed E-state index contributed by atoms with van der Waals surface area (Å²) in [6.07, 6.45) is 17.1. The first kappa shape index (κ1) is 72.5. The lowest BCUT2D eigenvalue weighted by atomic mass is 10.1. The maximum Gasteiger partial charge on any atom is 0.257 e. The molecule has 0 aliphatic carbocycles. The van der Waals surface area contributed by atoms with E-state index in [4.69, 9.17) is 54.1 Å². The molecule has 9 rings (SSSR count). The van der Waals surface area contributed by atoms with Crippen LogP contribution in [0.15, 0.2) is 248 Å². The van der Waals surface area contributed by atoms with E-state index in [1.165, 1.54) is 146 Å². The number of terminal acetylenes is 3. The molecule has 0 heterocycles. The highest BCUT2D eigenvalue weighted by Crippen LogP contribution is 2.38. The highest BCUT2D eigenvalue weighted by Gasteiger charge is 2.45. The predicted octanol–water partition coefficient (Wildman–Crippen LogP) is 14.1. The summed E-state index contributed by atoms with van der Waals surface area (Å²) in [7, 11) is -27.2. The van der Waals surface area contributed by atoms with Crippen molar-refractivity contribution in [3.8, 4) is 37.0 Å². The van der Waals surface area contributed by atoms with Gasteiger partial charge in [0.05, 0.1) is 29.4 Å². The van der Waals surface area contributed by atoms with E-state index in [-0.39, 0.29) is 29.4 Å². The standard InChI is InChI=1S/3C23H20ClNO4S2/c3*1-4-23(19-9-11-20(24)12-10-19)25(30(26,27)21-13-5-17(2)6-14-21)31(28,29)22-15-7-18(3)8-16-22/h3*1,5-16,23H,2-3H3/t3*23-/m110/s1. The quantitative estimate of drug-likeness (QED) is 0.0734. The molecule has 480 valence electrons. The monoisotopic (exact) mass is 1420 g/mol. The summed E-state index contributed by atoms with van der Waals surface area (Å²) in [4.78, 5) is -1.07. The predicted molar refractivity (Wildman–Crippen MR) is 365 cm³/mol. The molecule has 9 aromatic rings. The lowest BCUT2D eigenvalue weighted by Crippen LogP contribution is -2.39. The van der Waals surface area contributed by atoms with E-state index in [1.807, 2.05) is 0 Å². The molecule has 0 radical (unpaired) electrons. The second kappa shape index (κ2) is 30.0. The Morgan fingerprint density at radius 2 is 0.376 bits per heavy atom. The smallest absolute Gasteiger partial charge is 0.206 e. The Balaban J connectivity index is 0.000000198. The molecule has 0 bridgehead atoms. The van der Waals surface area contributed by atoms with E-state index in [9.17, 15) is 50.5 Å². The van der Waals surface area contributed by atoms with Crippen molar-refractivity contribution in [1.29, 1.82) is 0 Å². The molecule has 24 heteroatoms. The van der Waals surface area contributed by atoms with Gasteiger partial charge in [-0.2, -0.15) is 0 Å². The molecule has 0 unspecified atom stereocenters. The zero-order valence-electron chi connectivity index (χ0n) is 50.6. The van der Waals surface area contributed by atoms with E-state index in [0.29, 0.717) is 42.9 Å². The van der Waals surface area contributed by atoms with E-state index < -0.39 is 78.3 Å². The summed E-state index contributed by atoms with van der Waals surface area (Å²) in [6, 6.07) is 49.4. The van der Waals surface area contributed by atoms with Crippen molar-refractivity contribution in [3.63, 3.8) is 0 Å². The van der Waals surface area contributed by atoms with Crippen molar-refractivity contribution >= 4 is 94.9 Å². The van der Waals surface area contributed by atoms with Gasteiger partial charge in [0.15, 0.2) is 0 Å². The number of hydrogen-bond acceptors (Lipinski definition) is 12. The van der Waals surface area contributed by atoms with Crippen LogP contribution in [0.1, 0.15) is 68.2 Å². The Morgan fingerprint density at radius 1 is 0.247 bits per heavy atom. The fourth-order valence-electron chi connectivity index (χ4n) is 8.88. The third-order valence-corrected chi connectivity index (χ3v) is 27.6. The Bertz CT molecular complexity index is 4260. The van der Waals surface area contributed by atoms with Gasteiger partial charge in [0.2, 0.25) is 0 Å². The minimum atomic E-state index is -4.53. The molecule has 0 saturated carbocycles. The second-order valence-electron chi connectivity index (χ2n) is 20.9. The number of rotatable bonds is 18. The van der Waals surface area contributed by atoms with Crippen molar-refractivity contribution in [2.24, 2.45) is 0 Å². The Kier molecular flexibility index (Phi) is 23.4. The van der Waals surface area contributed by atoms with Gasteiger partial charge in [-0.1, -0.05) is 206 Å². The summed E-state index contributed by atoms with van der Waals surface area (Å²) in [5.74, 6) is 7.01. The topological polar surface area (TPSA) is 215 Å². The van der Waals surface area contributed by atoms with E-state index in [2.05, 4.69) is 17.8 Å². The van der Waals surface area contributed by atoms with Crippen LogP contribution in [-0.4, -0.2) is 61.6 Å². The molecule has 0 spiro atoms. The van der Waals surface area contributed by atoms with Crippen molar-refractivity contribution < 1.29 is 50.5 Å². The highest BCUT2D eigenvalue weighted by molar-refractivity contribution is 8.05. The van der Waals surface area contributed by atoms with Gasteiger partial charge in [-0.05, 0) is 167 Å². The summed E-state index contributed by atoms with van der Waals surface area (Å²) in [5.41, 5.74) is 5.90. The number of nitrogens with zero attached hydrogens (tertiary/aromatic N) is 3. The van der Waals surface area contributed by atoms with Crippen LogP contribution >= 0.6 is 34.8 Å². The molecule has 93 heavy (non-hydrogen) atoms. The van der Waals surface area contributed by atoms with E-state index in [0.717, 1.165) is 33.4 Å². The van der Waals surface area contributed by atoms with Crippen LogP contribution in [0, 0.1) is 78.6 Å². The van der Waals surface area contributed by atoms with Crippen molar-refractivity contribution in [2.45, 2.75) is 89.0 Å². The average Bonchev–Trinajstić information content (AvgIpc) is 0.765. The molecule has 3 atom stereocenters. The summed E-state index contributed by atoms with van der Waals surface area (Å²) in [6.45, 7) is 10.8. The Labute approximate surface area is 561 Å². The van der Waals surface area contributed by atoms with Crippen LogP contribution in [0.25, 0.3) is 0 Å². The van der Waals surface area contributed by atoms with Crippen LogP contribution in [0.4, 0.5) is 0 Å².